The standard InChI is InChI=1S/C9H17N3O2/c1-6(8(13)12-9(10)14)11-5-7-3-2-4-7/h6-7,11H,2-5H2,1H3,(H3,10,12,13,14). The van der Waals surface area contributed by atoms with Crippen molar-refractivity contribution in [3.05, 3.63) is 0 Å². The number of carbonyl (C=O) groups is 2. The SMILES string of the molecule is CC(NCC1CCC1)C(=O)NC(N)=O. The summed E-state index contributed by atoms with van der Waals surface area (Å²) in [4.78, 5) is 21.6. The Balaban J connectivity index is 2.15. The van der Waals surface area contributed by atoms with Gasteiger partial charge in [-0.1, -0.05) is 6.42 Å². The Morgan fingerprint density at radius 1 is 1.50 bits per heavy atom. The first-order chi connectivity index (χ1) is 6.59. The molecule has 1 rings (SSSR count). The van der Waals surface area contributed by atoms with Gasteiger partial charge in [-0.25, -0.2) is 4.79 Å². The van der Waals surface area contributed by atoms with Crippen LogP contribution in [0.3, 0.4) is 0 Å². The number of amides is 3. The Labute approximate surface area is 83.4 Å². The van der Waals surface area contributed by atoms with E-state index in [1.165, 1.54) is 19.3 Å². The average molecular weight is 199 g/mol. The topological polar surface area (TPSA) is 84.2 Å². The minimum Gasteiger partial charge on any atom is -0.351 e. The maximum absolute atomic E-state index is 11.2. The van der Waals surface area contributed by atoms with E-state index in [9.17, 15) is 9.59 Å². The molecule has 3 amide bonds. The lowest BCUT2D eigenvalue weighted by atomic mass is 9.85. The fraction of sp³-hybridized carbons (Fsp3) is 0.778. The summed E-state index contributed by atoms with van der Waals surface area (Å²) in [6.07, 6.45) is 3.75. The summed E-state index contributed by atoms with van der Waals surface area (Å²) in [7, 11) is 0. The Morgan fingerprint density at radius 2 is 2.14 bits per heavy atom. The number of nitrogens with two attached hydrogens (primary N) is 1. The third-order valence-corrected chi connectivity index (χ3v) is 2.58. The first kappa shape index (κ1) is 11.0. The molecule has 1 atom stereocenters. The molecule has 5 nitrogen and oxygen atoms in total. The predicted octanol–water partition coefficient (Wildman–Crippen LogP) is -0.0405. The third-order valence-electron chi connectivity index (χ3n) is 2.58. The van der Waals surface area contributed by atoms with Gasteiger partial charge < -0.3 is 11.1 Å². The molecule has 1 fully saturated rings. The first-order valence-corrected chi connectivity index (χ1v) is 4.93. The second-order valence-electron chi connectivity index (χ2n) is 3.78. The first-order valence-electron chi connectivity index (χ1n) is 4.93. The van der Waals surface area contributed by atoms with Crippen LogP contribution in [0.1, 0.15) is 26.2 Å². The molecule has 0 aliphatic heterocycles. The van der Waals surface area contributed by atoms with Crippen LogP contribution in [-0.4, -0.2) is 24.5 Å². The van der Waals surface area contributed by atoms with Crippen LogP contribution in [0.5, 0.6) is 0 Å². The van der Waals surface area contributed by atoms with Gasteiger partial charge in [-0.2, -0.15) is 0 Å². The van der Waals surface area contributed by atoms with Crippen LogP contribution in [0.4, 0.5) is 4.79 Å². The molecule has 0 saturated heterocycles. The zero-order valence-corrected chi connectivity index (χ0v) is 8.38. The van der Waals surface area contributed by atoms with Crippen LogP contribution in [0.2, 0.25) is 0 Å². The van der Waals surface area contributed by atoms with E-state index in [4.69, 9.17) is 5.73 Å². The molecule has 1 aliphatic carbocycles. The van der Waals surface area contributed by atoms with Gasteiger partial charge >= 0.3 is 6.03 Å². The van der Waals surface area contributed by atoms with Crippen LogP contribution < -0.4 is 16.4 Å². The van der Waals surface area contributed by atoms with Crippen molar-refractivity contribution in [3.8, 4) is 0 Å². The van der Waals surface area contributed by atoms with Gasteiger partial charge in [0.1, 0.15) is 0 Å². The fourth-order valence-corrected chi connectivity index (χ4v) is 1.36. The molecule has 80 valence electrons. The van der Waals surface area contributed by atoms with Crippen molar-refractivity contribution < 1.29 is 9.59 Å². The van der Waals surface area contributed by atoms with Gasteiger partial charge in [0.2, 0.25) is 5.91 Å². The summed E-state index contributed by atoms with van der Waals surface area (Å²) >= 11 is 0. The summed E-state index contributed by atoms with van der Waals surface area (Å²) in [6.45, 7) is 2.56. The van der Waals surface area contributed by atoms with E-state index in [-0.39, 0.29) is 11.9 Å². The second kappa shape index (κ2) is 4.95. The maximum Gasteiger partial charge on any atom is 0.318 e. The number of carbonyl (C=O) groups excluding carboxylic acids is 2. The van der Waals surface area contributed by atoms with Crippen molar-refractivity contribution in [1.82, 2.24) is 10.6 Å². The minimum atomic E-state index is -0.799. The molecule has 1 saturated carbocycles. The number of urea groups is 1. The van der Waals surface area contributed by atoms with Gasteiger partial charge in [-0.05, 0) is 32.2 Å². The third kappa shape index (κ3) is 3.33. The van der Waals surface area contributed by atoms with Crippen molar-refractivity contribution in [2.45, 2.75) is 32.2 Å². The number of primary amides is 1. The predicted molar refractivity (Wildman–Crippen MR) is 52.5 cm³/mol. The number of hydrogen-bond acceptors (Lipinski definition) is 3. The monoisotopic (exact) mass is 199 g/mol. The fourth-order valence-electron chi connectivity index (χ4n) is 1.36. The molecule has 0 aromatic carbocycles. The Hall–Kier alpha value is -1.10. The lowest BCUT2D eigenvalue weighted by Gasteiger charge is -2.26. The molecular formula is C9H17N3O2. The number of rotatable bonds is 4. The van der Waals surface area contributed by atoms with Crippen molar-refractivity contribution in [1.29, 1.82) is 0 Å². The molecule has 0 heterocycles. The zero-order valence-electron chi connectivity index (χ0n) is 8.38. The Morgan fingerprint density at radius 3 is 2.57 bits per heavy atom. The molecular weight excluding hydrogens is 182 g/mol. The Bertz CT molecular complexity index is 226. The van der Waals surface area contributed by atoms with Crippen molar-refractivity contribution in [2.24, 2.45) is 11.7 Å². The van der Waals surface area contributed by atoms with Gasteiger partial charge in [0.25, 0.3) is 0 Å². The number of nitrogens with one attached hydrogen (secondary N) is 2. The largest absolute Gasteiger partial charge is 0.351 e. The minimum absolute atomic E-state index is 0.358. The van der Waals surface area contributed by atoms with Gasteiger partial charge in [-0.15, -0.1) is 0 Å². The molecule has 14 heavy (non-hydrogen) atoms. The van der Waals surface area contributed by atoms with E-state index in [2.05, 4.69) is 5.32 Å². The highest BCUT2D eigenvalue weighted by Crippen LogP contribution is 2.25. The lowest BCUT2D eigenvalue weighted by molar-refractivity contribution is -0.121. The van der Waals surface area contributed by atoms with Gasteiger partial charge in [-0.3, -0.25) is 10.1 Å². The summed E-state index contributed by atoms with van der Waals surface area (Å²) < 4.78 is 0. The lowest BCUT2D eigenvalue weighted by Crippen LogP contribution is -2.47. The highest BCUT2D eigenvalue weighted by Gasteiger charge is 2.20. The molecule has 0 radical (unpaired) electrons. The van der Waals surface area contributed by atoms with E-state index in [0.29, 0.717) is 5.92 Å². The second-order valence-corrected chi connectivity index (χ2v) is 3.78. The van der Waals surface area contributed by atoms with Crippen molar-refractivity contribution in [3.63, 3.8) is 0 Å². The summed E-state index contributed by atoms with van der Waals surface area (Å²) in [5.41, 5.74) is 4.83. The molecule has 0 spiro atoms. The smallest absolute Gasteiger partial charge is 0.318 e. The Kier molecular flexibility index (Phi) is 3.88. The van der Waals surface area contributed by atoms with Gasteiger partial charge in [0.05, 0.1) is 6.04 Å². The number of imide groups is 1. The van der Waals surface area contributed by atoms with Crippen molar-refractivity contribution >= 4 is 11.9 Å². The van der Waals surface area contributed by atoms with Crippen molar-refractivity contribution in [2.75, 3.05) is 6.54 Å². The molecule has 0 aromatic rings. The quantitative estimate of drug-likeness (QED) is 0.594. The molecule has 5 heteroatoms. The van der Waals surface area contributed by atoms with Gasteiger partial charge in [0.15, 0.2) is 0 Å². The number of hydrogen-bond donors (Lipinski definition) is 3. The summed E-state index contributed by atoms with van der Waals surface area (Å²) in [6, 6.07) is -1.16. The van der Waals surface area contributed by atoms with Crippen LogP contribution in [0.15, 0.2) is 0 Å². The molecule has 0 bridgehead atoms. The van der Waals surface area contributed by atoms with E-state index < -0.39 is 6.03 Å². The van der Waals surface area contributed by atoms with E-state index in [1.54, 1.807) is 6.92 Å². The maximum atomic E-state index is 11.2. The van der Waals surface area contributed by atoms with Crippen LogP contribution >= 0.6 is 0 Å². The van der Waals surface area contributed by atoms with E-state index in [0.717, 1.165) is 6.54 Å². The van der Waals surface area contributed by atoms with E-state index in [1.807, 2.05) is 5.32 Å². The zero-order chi connectivity index (χ0) is 10.6. The van der Waals surface area contributed by atoms with Gasteiger partial charge in [0, 0.05) is 0 Å². The molecule has 1 aliphatic rings. The normalized spacial score (nSPS) is 18.4. The van der Waals surface area contributed by atoms with Crippen LogP contribution in [0.25, 0.3) is 0 Å². The van der Waals surface area contributed by atoms with Crippen LogP contribution in [0, 0.1) is 5.92 Å². The summed E-state index contributed by atoms with van der Waals surface area (Å²) in [5, 5.41) is 5.11. The van der Waals surface area contributed by atoms with Crippen LogP contribution in [-0.2, 0) is 4.79 Å². The average Bonchev–Trinajstić information content (AvgIpc) is 1.99. The highest BCUT2D eigenvalue weighted by molar-refractivity contribution is 5.96. The summed E-state index contributed by atoms with van der Waals surface area (Å²) in [5.74, 6) is 0.329. The molecule has 0 aromatic heterocycles. The van der Waals surface area contributed by atoms with E-state index >= 15 is 0 Å². The molecule has 4 N–H and O–H groups in total. The highest BCUT2D eigenvalue weighted by atomic mass is 16.2. The molecule has 1 unspecified atom stereocenters.